The largest absolute Gasteiger partial charge is 0.340 e. The van der Waals surface area contributed by atoms with Crippen LogP contribution in [0.3, 0.4) is 0 Å². The topological polar surface area (TPSA) is 71.1 Å². The second-order valence-corrected chi connectivity index (χ2v) is 7.60. The Kier molecular flexibility index (Phi) is 4.92. The summed E-state index contributed by atoms with van der Waals surface area (Å²) in [5.41, 5.74) is 2.46. The molecule has 7 heteroatoms. The van der Waals surface area contributed by atoms with Crippen LogP contribution in [0.25, 0.3) is 0 Å². The maximum absolute atomic E-state index is 12.3. The molecule has 0 aliphatic heterocycles. The van der Waals surface area contributed by atoms with Crippen LogP contribution in [0.4, 0.5) is 17.2 Å². The van der Waals surface area contributed by atoms with Gasteiger partial charge in [-0.05, 0) is 55.5 Å². The lowest BCUT2D eigenvalue weighted by atomic mass is 10.2. The van der Waals surface area contributed by atoms with Crippen molar-refractivity contribution >= 4 is 38.8 Å². The number of halogens is 1. The number of benzene rings is 2. The monoisotopic (exact) mass is 373 g/mol. The Hall–Kier alpha value is -2.57. The Morgan fingerprint density at radius 2 is 1.52 bits per heavy atom. The molecule has 25 heavy (non-hydrogen) atoms. The average molecular weight is 374 g/mol. The van der Waals surface area contributed by atoms with Crippen molar-refractivity contribution in [3.63, 3.8) is 0 Å². The van der Waals surface area contributed by atoms with Crippen molar-refractivity contribution in [2.75, 3.05) is 10.0 Å². The number of rotatable bonds is 5. The Bertz CT molecular complexity index is 955. The summed E-state index contributed by atoms with van der Waals surface area (Å²) in [7, 11) is -3.68. The van der Waals surface area contributed by atoms with Crippen molar-refractivity contribution in [2.24, 2.45) is 0 Å². The maximum Gasteiger partial charge on any atom is 0.261 e. The number of anilines is 3. The molecule has 0 spiro atoms. The summed E-state index contributed by atoms with van der Waals surface area (Å²) in [6.45, 7) is 2.02. The molecule has 0 atom stereocenters. The van der Waals surface area contributed by atoms with Gasteiger partial charge >= 0.3 is 0 Å². The van der Waals surface area contributed by atoms with Crippen molar-refractivity contribution in [2.45, 2.75) is 11.8 Å². The van der Waals surface area contributed by atoms with Crippen LogP contribution in [-0.4, -0.2) is 13.4 Å². The molecule has 2 aromatic carbocycles. The van der Waals surface area contributed by atoms with Crippen molar-refractivity contribution in [3.8, 4) is 0 Å². The standard InChI is InChI=1S/C18H16ClN3O2S/c1-13-2-6-15(7-3-13)21-18-11-8-16(12-20-18)22-25(23,24)17-9-4-14(19)5-10-17/h2-12,22H,1H3,(H,20,21). The van der Waals surface area contributed by atoms with Crippen LogP contribution in [0.5, 0.6) is 0 Å². The number of aryl methyl sites for hydroxylation is 1. The predicted octanol–water partition coefficient (Wildman–Crippen LogP) is 4.59. The van der Waals surface area contributed by atoms with Gasteiger partial charge in [0.2, 0.25) is 0 Å². The number of nitrogens with one attached hydrogen (secondary N) is 2. The molecular formula is C18H16ClN3O2S. The summed E-state index contributed by atoms with van der Waals surface area (Å²) in [5, 5.41) is 3.63. The molecule has 0 unspecified atom stereocenters. The van der Waals surface area contributed by atoms with E-state index in [1.54, 1.807) is 12.1 Å². The summed E-state index contributed by atoms with van der Waals surface area (Å²) in [6.07, 6.45) is 1.46. The van der Waals surface area contributed by atoms with E-state index in [9.17, 15) is 8.42 Å². The van der Waals surface area contributed by atoms with E-state index < -0.39 is 10.0 Å². The first-order valence-electron chi connectivity index (χ1n) is 7.50. The quantitative estimate of drug-likeness (QED) is 0.686. The van der Waals surface area contributed by atoms with Gasteiger partial charge in [-0.1, -0.05) is 29.3 Å². The fraction of sp³-hybridized carbons (Fsp3) is 0.0556. The highest BCUT2D eigenvalue weighted by Gasteiger charge is 2.14. The maximum atomic E-state index is 12.3. The lowest BCUT2D eigenvalue weighted by Gasteiger charge is -2.09. The van der Waals surface area contributed by atoms with Gasteiger partial charge in [0, 0.05) is 10.7 Å². The van der Waals surface area contributed by atoms with E-state index in [1.165, 1.54) is 36.0 Å². The van der Waals surface area contributed by atoms with Crippen molar-refractivity contribution in [1.29, 1.82) is 0 Å². The highest BCUT2D eigenvalue weighted by molar-refractivity contribution is 7.92. The van der Waals surface area contributed by atoms with E-state index in [0.29, 0.717) is 16.5 Å². The first-order chi connectivity index (χ1) is 11.9. The molecule has 128 valence electrons. The molecule has 1 aromatic heterocycles. The van der Waals surface area contributed by atoms with Gasteiger partial charge in [-0.25, -0.2) is 13.4 Å². The fourth-order valence-electron chi connectivity index (χ4n) is 2.14. The highest BCUT2D eigenvalue weighted by Crippen LogP contribution is 2.20. The van der Waals surface area contributed by atoms with Crippen LogP contribution in [0.1, 0.15) is 5.56 Å². The Morgan fingerprint density at radius 3 is 2.12 bits per heavy atom. The van der Waals surface area contributed by atoms with Crippen LogP contribution in [0, 0.1) is 6.92 Å². The molecule has 3 rings (SSSR count). The van der Waals surface area contributed by atoms with Crippen molar-refractivity contribution in [3.05, 3.63) is 77.4 Å². The van der Waals surface area contributed by atoms with Gasteiger partial charge < -0.3 is 5.32 Å². The Morgan fingerprint density at radius 1 is 0.880 bits per heavy atom. The van der Waals surface area contributed by atoms with Crippen LogP contribution in [0.15, 0.2) is 71.8 Å². The highest BCUT2D eigenvalue weighted by atomic mass is 35.5. The number of aromatic nitrogens is 1. The summed E-state index contributed by atoms with van der Waals surface area (Å²) in [6, 6.07) is 17.2. The molecule has 0 radical (unpaired) electrons. The Labute approximate surface area is 151 Å². The summed E-state index contributed by atoms with van der Waals surface area (Å²) in [4.78, 5) is 4.37. The van der Waals surface area contributed by atoms with Crippen molar-refractivity contribution < 1.29 is 8.42 Å². The van der Waals surface area contributed by atoms with Crippen molar-refractivity contribution in [1.82, 2.24) is 4.98 Å². The molecule has 3 aromatic rings. The normalized spacial score (nSPS) is 11.1. The van der Waals surface area contributed by atoms with Gasteiger partial charge in [0.25, 0.3) is 10.0 Å². The summed E-state index contributed by atoms with van der Waals surface area (Å²) < 4.78 is 27.1. The van der Waals surface area contributed by atoms with Crippen LogP contribution < -0.4 is 10.0 Å². The first-order valence-corrected chi connectivity index (χ1v) is 9.37. The predicted molar refractivity (Wildman–Crippen MR) is 101 cm³/mol. The number of hydrogen-bond acceptors (Lipinski definition) is 4. The SMILES string of the molecule is Cc1ccc(Nc2ccc(NS(=O)(=O)c3ccc(Cl)cc3)cn2)cc1. The molecule has 0 amide bonds. The van der Waals surface area contributed by atoms with Gasteiger partial charge in [0.05, 0.1) is 16.8 Å². The third-order valence-corrected chi connectivity index (χ3v) is 5.11. The third-order valence-electron chi connectivity index (χ3n) is 3.46. The number of nitrogens with zero attached hydrogens (tertiary/aromatic N) is 1. The van der Waals surface area contributed by atoms with E-state index in [2.05, 4.69) is 15.0 Å². The lowest BCUT2D eigenvalue weighted by Crippen LogP contribution is -2.13. The second kappa shape index (κ2) is 7.13. The first kappa shape index (κ1) is 17.3. The minimum absolute atomic E-state index is 0.138. The molecule has 2 N–H and O–H groups in total. The van der Waals surface area contributed by atoms with Crippen LogP contribution in [0.2, 0.25) is 5.02 Å². The average Bonchev–Trinajstić information content (AvgIpc) is 2.59. The second-order valence-electron chi connectivity index (χ2n) is 5.48. The van der Waals surface area contributed by atoms with Crippen LogP contribution >= 0.6 is 11.6 Å². The number of sulfonamides is 1. The van der Waals surface area contributed by atoms with Gasteiger partial charge in [-0.15, -0.1) is 0 Å². The zero-order valence-corrected chi connectivity index (χ0v) is 15.0. The molecule has 0 aliphatic rings. The molecule has 0 saturated heterocycles. The number of pyridine rings is 1. The van der Waals surface area contributed by atoms with Crippen LogP contribution in [-0.2, 0) is 10.0 Å². The lowest BCUT2D eigenvalue weighted by molar-refractivity contribution is 0.601. The minimum Gasteiger partial charge on any atom is -0.340 e. The number of hydrogen-bond donors (Lipinski definition) is 2. The van der Waals surface area contributed by atoms with E-state index in [1.807, 2.05) is 31.2 Å². The molecule has 0 aliphatic carbocycles. The molecule has 5 nitrogen and oxygen atoms in total. The van der Waals surface area contributed by atoms with Gasteiger partial charge in [-0.3, -0.25) is 4.72 Å². The molecule has 0 saturated carbocycles. The summed E-state index contributed by atoms with van der Waals surface area (Å²) in [5.74, 6) is 0.623. The van der Waals surface area contributed by atoms with Gasteiger partial charge in [-0.2, -0.15) is 0 Å². The van der Waals surface area contributed by atoms with Gasteiger partial charge in [0.15, 0.2) is 0 Å². The van der Waals surface area contributed by atoms with E-state index >= 15 is 0 Å². The van der Waals surface area contributed by atoms with E-state index in [0.717, 1.165) is 5.69 Å². The smallest absolute Gasteiger partial charge is 0.261 e. The zero-order chi connectivity index (χ0) is 17.9. The summed E-state index contributed by atoms with van der Waals surface area (Å²) >= 11 is 5.78. The molecule has 0 fully saturated rings. The third kappa shape index (κ3) is 4.49. The fourth-order valence-corrected chi connectivity index (χ4v) is 3.31. The molecule has 1 heterocycles. The molecule has 0 bridgehead atoms. The van der Waals surface area contributed by atoms with E-state index in [4.69, 9.17) is 11.6 Å². The molecular weight excluding hydrogens is 358 g/mol. The van der Waals surface area contributed by atoms with Gasteiger partial charge in [0.1, 0.15) is 5.82 Å². The zero-order valence-electron chi connectivity index (χ0n) is 13.4. The Balaban J connectivity index is 1.71. The minimum atomic E-state index is -3.68. The van der Waals surface area contributed by atoms with E-state index in [-0.39, 0.29) is 4.90 Å².